The molecule has 0 spiro atoms. The maximum Gasteiger partial charge on any atom is 0.410 e. The van der Waals surface area contributed by atoms with Crippen LogP contribution in [0.4, 0.5) is 4.79 Å². The lowest BCUT2D eigenvalue weighted by Gasteiger charge is -2.44. The second kappa shape index (κ2) is 8.80. The molecule has 1 N–H and O–H groups in total. The first-order chi connectivity index (χ1) is 13.2. The second-order valence-electron chi connectivity index (χ2n) is 10.9. The zero-order chi connectivity index (χ0) is 22.0. The van der Waals surface area contributed by atoms with E-state index in [9.17, 15) is 9.59 Å². The highest BCUT2D eigenvalue weighted by Gasteiger charge is 2.39. The molecule has 0 aliphatic carbocycles. The van der Waals surface area contributed by atoms with Crippen LogP contribution in [-0.2, 0) is 9.53 Å². The molecule has 7 heteroatoms. The molecule has 2 aliphatic heterocycles. The molecular formula is C22H42N4O3. The molecule has 2 fully saturated rings. The van der Waals surface area contributed by atoms with Gasteiger partial charge in [-0.25, -0.2) is 4.79 Å². The first kappa shape index (κ1) is 23.9. The molecule has 2 aliphatic rings. The smallest absolute Gasteiger partial charge is 0.410 e. The van der Waals surface area contributed by atoms with Crippen molar-refractivity contribution in [2.24, 2.45) is 0 Å². The molecule has 0 aromatic carbocycles. The van der Waals surface area contributed by atoms with Crippen molar-refractivity contribution in [1.29, 1.82) is 0 Å². The van der Waals surface area contributed by atoms with Crippen molar-refractivity contribution >= 4 is 12.0 Å². The van der Waals surface area contributed by atoms with Gasteiger partial charge in [-0.3, -0.25) is 14.6 Å². The molecule has 29 heavy (non-hydrogen) atoms. The van der Waals surface area contributed by atoms with Gasteiger partial charge in [-0.05, 0) is 68.2 Å². The summed E-state index contributed by atoms with van der Waals surface area (Å²) in [5, 5.41) is 3.28. The summed E-state index contributed by atoms with van der Waals surface area (Å²) in [4.78, 5) is 31.7. The maximum absolute atomic E-state index is 13.0. The fourth-order valence-corrected chi connectivity index (χ4v) is 3.97. The van der Waals surface area contributed by atoms with Gasteiger partial charge in [-0.15, -0.1) is 0 Å². The zero-order valence-corrected chi connectivity index (χ0v) is 19.8. The van der Waals surface area contributed by atoms with Crippen molar-refractivity contribution in [2.75, 3.05) is 39.3 Å². The average Bonchev–Trinajstić information content (AvgIpc) is 2.60. The molecule has 0 bridgehead atoms. The molecule has 0 radical (unpaired) electrons. The van der Waals surface area contributed by atoms with E-state index in [1.807, 2.05) is 34.6 Å². The number of nitrogens with one attached hydrogen (secondary N) is 1. The number of ether oxygens (including phenoxy) is 1. The normalized spacial score (nSPS) is 21.2. The molecule has 7 nitrogen and oxygen atoms in total. The van der Waals surface area contributed by atoms with Crippen molar-refractivity contribution in [2.45, 2.75) is 91.0 Å². The summed E-state index contributed by atoms with van der Waals surface area (Å²) in [5.74, 6) is 0.0810. The molecule has 2 heterocycles. The standard InChI is InChI=1S/C22H42N4O3/c1-20(2,3)25-11-9-17(10-12-25)23-18(27)22(7,8)26-15-13-24(14-16-26)19(28)29-21(4,5)6/h17H,9-16H2,1-8H3,(H,23,27). The Morgan fingerprint density at radius 3 is 1.76 bits per heavy atom. The van der Waals surface area contributed by atoms with Crippen molar-refractivity contribution < 1.29 is 14.3 Å². The van der Waals surface area contributed by atoms with Crippen LogP contribution in [0.5, 0.6) is 0 Å². The zero-order valence-electron chi connectivity index (χ0n) is 19.8. The number of rotatable bonds is 3. The highest BCUT2D eigenvalue weighted by molar-refractivity contribution is 5.85. The van der Waals surface area contributed by atoms with E-state index in [1.54, 1.807) is 4.90 Å². The largest absolute Gasteiger partial charge is 0.444 e. The fraction of sp³-hybridized carbons (Fsp3) is 0.909. The van der Waals surface area contributed by atoms with E-state index in [4.69, 9.17) is 4.74 Å². The van der Waals surface area contributed by atoms with E-state index < -0.39 is 11.1 Å². The molecule has 0 aromatic heterocycles. The van der Waals surface area contributed by atoms with Crippen LogP contribution in [0.25, 0.3) is 0 Å². The molecule has 0 aromatic rings. The van der Waals surface area contributed by atoms with Gasteiger partial charge in [0.15, 0.2) is 0 Å². The van der Waals surface area contributed by atoms with Gasteiger partial charge < -0.3 is 15.0 Å². The maximum atomic E-state index is 13.0. The number of carbonyl (C=O) groups is 2. The first-order valence-electron chi connectivity index (χ1n) is 11.0. The Morgan fingerprint density at radius 2 is 1.31 bits per heavy atom. The Bertz CT molecular complexity index is 576. The Balaban J connectivity index is 1.83. The van der Waals surface area contributed by atoms with Gasteiger partial charge in [0.2, 0.25) is 5.91 Å². The number of piperidine rings is 1. The van der Waals surface area contributed by atoms with E-state index >= 15 is 0 Å². The van der Waals surface area contributed by atoms with Crippen LogP contribution in [0.3, 0.4) is 0 Å². The fourth-order valence-electron chi connectivity index (χ4n) is 3.97. The van der Waals surface area contributed by atoms with Crippen LogP contribution in [0.15, 0.2) is 0 Å². The predicted molar refractivity (Wildman–Crippen MR) is 116 cm³/mol. The molecule has 0 atom stereocenters. The second-order valence-corrected chi connectivity index (χ2v) is 10.9. The first-order valence-corrected chi connectivity index (χ1v) is 11.0. The lowest BCUT2D eigenvalue weighted by atomic mass is 9.95. The van der Waals surface area contributed by atoms with Gasteiger partial charge in [-0.1, -0.05) is 0 Å². The number of hydrogen-bond acceptors (Lipinski definition) is 5. The van der Waals surface area contributed by atoms with Crippen LogP contribution in [0, 0.1) is 0 Å². The minimum absolute atomic E-state index is 0.0810. The van der Waals surface area contributed by atoms with Crippen LogP contribution >= 0.6 is 0 Å². The SMILES string of the molecule is CC(C)(C)OC(=O)N1CCN(C(C)(C)C(=O)NC2CCN(C(C)(C)C)CC2)CC1. The molecule has 0 saturated carbocycles. The van der Waals surface area contributed by atoms with Gasteiger partial charge in [0.25, 0.3) is 0 Å². The number of piperazine rings is 1. The minimum Gasteiger partial charge on any atom is -0.444 e. The van der Waals surface area contributed by atoms with Crippen molar-refractivity contribution in [3.63, 3.8) is 0 Å². The number of likely N-dealkylation sites (tertiary alicyclic amines) is 1. The lowest BCUT2D eigenvalue weighted by molar-refractivity contribution is -0.134. The third-order valence-corrected chi connectivity index (χ3v) is 6.06. The van der Waals surface area contributed by atoms with Crippen molar-refractivity contribution in [1.82, 2.24) is 20.0 Å². The summed E-state index contributed by atoms with van der Waals surface area (Å²) in [6, 6.07) is 0.239. The Morgan fingerprint density at radius 1 is 0.793 bits per heavy atom. The minimum atomic E-state index is -0.596. The Kier molecular flexibility index (Phi) is 7.26. The number of nitrogens with zero attached hydrogens (tertiary/aromatic N) is 3. The highest BCUT2D eigenvalue weighted by atomic mass is 16.6. The molecule has 2 amide bonds. The Hall–Kier alpha value is -1.34. The molecule has 2 rings (SSSR count). The van der Waals surface area contributed by atoms with Gasteiger partial charge in [-0.2, -0.15) is 0 Å². The average molecular weight is 411 g/mol. The topological polar surface area (TPSA) is 65.1 Å². The van der Waals surface area contributed by atoms with Crippen LogP contribution in [0.2, 0.25) is 0 Å². The van der Waals surface area contributed by atoms with Crippen molar-refractivity contribution in [3.05, 3.63) is 0 Å². The summed E-state index contributed by atoms with van der Waals surface area (Å²) >= 11 is 0. The Labute approximate surface area is 177 Å². The van der Waals surface area contributed by atoms with E-state index in [0.717, 1.165) is 25.9 Å². The highest BCUT2D eigenvalue weighted by Crippen LogP contribution is 2.23. The van der Waals surface area contributed by atoms with Gasteiger partial charge >= 0.3 is 6.09 Å². The number of amides is 2. The summed E-state index contributed by atoms with van der Waals surface area (Å²) in [5.41, 5.74) is -0.904. The third kappa shape index (κ3) is 6.57. The van der Waals surface area contributed by atoms with Crippen LogP contribution < -0.4 is 5.32 Å². The van der Waals surface area contributed by atoms with Gasteiger partial charge in [0.05, 0.1) is 5.54 Å². The quantitative estimate of drug-likeness (QED) is 0.775. The van der Waals surface area contributed by atoms with Crippen LogP contribution in [0.1, 0.15) is 68.2 Å². The van der Waals surface area contributed by atoms with E-state index in [-0.39, 0.29) is 23.6 Å². The molecule has 168 valence electrons. The number of hydrogen-bond donors (Lipinski definition) is 1. The molecule has 0 unspecified atom stereocenters. The van der Waals surface area contributed by atoms with E-state index in [2.05, 4.69) is 35.9 Å². The summed E-state index contributed by atoms with van der Waals surface area (Å²) in [6.07, 6.45) is 1.71. The van der Waals surface area contributed by atoms with Gasteiger partial charge in [0, 0.05) is 50.8 Å². The number of carbonyl (C=O) groups excluding carboxylic acids is 2. The van der Waals surface area contributed by atoms with Gasteiger partial charge in [0.1, 0.15) is 5.60 Å². The summed E-state index contributed by atoms with van der Waals surface area (Å²) in [7, 11) is 0. The lowest BCUT2D eigenvalue weighted by Crippen LogP contribution is -2.63. The van der Waals surface area contributed by atoms with Crippen LogP contribution in [-0.4, -0.2) is 88.7 Å². The summed E-state index contributed by atoms with van der Waals surface area (Å²) in [6.45, 7) is 20.8. The molecule has 2 saturated heterocycles. The van der Waals surface area contributed by atoms with E-state index in [1.165, 1.54) is 0 Å². The van der Waals surface area contributed by atoms with E-state index in [0.29, 0.717) is 26.2 Å². The molecular weight excluding hydrogens is 368 g/mol. The third-order valence-electron chi connectivity index (χ3n) is 6.06. The van der Waals surface area contributed by atoms with Crippen molar-refractivity contribution in [3.8, 4) is 0 Å². The monoisotopic (exact) mass is 410 g/mol. The summed E-state index contributed by atoms with van der Waals surface area (Å²) < 4.78 is 5.46. The predicted octanol–water partition coefficient (Wildman–Crippen LogP) is 2.70.